The van der Waals surface area contributed by atoms with Crippen LogP contribution in [0.2, 0.25) is 0 Å². The van der Waals surface area contributed by atoms with Gasteiger partial charge in [0, 0.05) is 5.69 Å². The van der Waals surface area contributed by atoms with Crippen LogP contribution in [0.5, 0.6) is 0 Å². The number of aryl methyl sites for hydroxylation is 1. The lowest BCUT2D eigenvalue weighted by Crippen LogP contribution is -2.28. The van der Waals surface area contributed by atoms with E-state index in [0.717, 1.165) is 17.7 Å². The minimum Gasteiger partial charge on any atom is -0.484 e. The summed E-state index contributed by atoms with van der Waals surface area (Å²) in [6.45, 7) is 2.04. The molecule has 0 saturated carbocycles. The van der Waals surface area contributed by atoms with Gasteiger partial charge in [0.1, 0.15) is 11.7 Å². The molecule has 0 saturated heterocycles. The summed E-state index contributed by atoms with van der Waals surface area (Å²) >= 11 is 0. The van der Waals surface area contributed by atoms with Crippen LogP contribution >= 0.6 is 0 Å². The van der Waals surface area contributed by atoms with E-state index in [4.69, 9.17) is 9.47 Å². The average Bonchev–Trinajstić information content (AvgIpc) is 3.07. The number of ether oxygens (including phenoxy) is 2. The molecule has 2 aliphatic rings. The molecule has 1 aromatic rings. The zero-order chi connectivity index (χ0) is 15.1. The first-order valence-electron chi connectivity index (χ1n) is 7.11. The molecule has 0 bridgehead atoms. The van der Waals surface area contributed by atoms with E-state index in [9.17, 15) is 9.59 Å². The third kappa shape index (κ3) is 1.89. The van der Waals surface area contributed by atoms with Gasteiger partial charge in [-0.05, 0) is 30.9 Å². The molecule has 21 heavy (non-hydrogen) atoms. The second kappa shape index (κ2) is 5.02. The monoisotopic (exact) mass is 290 g/mol. The molecule has 3 heterocycles. The summed E-state index contributed by atoms with van der Waals surface area (Å²) in [6.07, 6.45) is 2.12. The van der Waals surface area contributed by atoms with Crippen molar-refractivity contribution in [1.82, 2.24) is 4.57 Å². The van der Waals surface area contributed by atoms with Gasteiger partial charge < -0.3 is 9.47 Å². The van der Waals surface area contributed by atoms with E-state index in [2.05, 4.69) is 4.99 Å². The van der Waals surface area contributed by atoms with E-state index < -0.39 is 6.04 Å². The normalized spacial score (nSPS) is 22.5. The Bertz CT molecular complexity index is 690. The van der Waals surface area contributed by atoms with Gasteiger partial charge in [-0.15, -0.1) is 0 Å². The molecule has 2 atom stereocenters. The minimum absolute atomic E-state index is 0.0285. The van der Waals surface area contributed by atoms with E-state index in [1.54, 1.807) is 7.11 Å². The van der Waals surface area contributed by atoms with E-state index in [-0.39, 0.29) is 17.4 Å². The first-order chi connectivity index (χ1) is 10.1. The zero-order valence-corrected chi connectivity index (χ0v) is 12.4. The third-order valence-corrected chi connectivity index (χ3v) is 4.30. The largest absolute Gasteiger partial charge is 0.484 e. The molecule has 0 aliphatic carbocycles. The van der Waals surface area contributed by atoms with Gasteiger partial charge in [-0.2, -0.15) is 0 Å². The Balaban J connectivity index is 2.16. The molecule has 3 rings (SSSR count). The number of rotatable bonds is 2. The van der Waals surface area contributed by atoms with Crippen LogP contribution in [0.15, 0.2) is 15.9 Å². The van der Waals surface area contributed by atoms with E-state index in [1.807, 2.05) is 13.0 Å². The van der Waals surface area contributed by atoms with Crippen molar-refractivity contribution >= 4 is 17.6 Å². The maximum absolute atomic E-state index is 12.7. The van der Waals surface area contributed by atoms with Crippen LogP contribution in [0.25, 0.3) is 0 Å². The molecule has 2 aliphatic heterocycles. The molecule has 2 unspecified atom stereocenters. The Kier molecular flexibility index (Phi) is 3.31. The molecular formula is C15H18N2O4. The van der Waals surface area contributed by atoms with Gasteiger partial charge in [0.25, 0.3) is 5.56 Å². The summed E-state index contributed by atoms with van der Waals surface area (Å²) in [5, 5.41) is 0. The third-order valence-electron chi connectivity index (χ3n) is 4.30. The fraction of sp³-hybridized carbons (Fsp3) is 0.533. The molecule has 6 heteroatoms. The Hall–Kier alpha value is -2.11. The van der Waals surface area contributed by atoms with Gasteiger partial charge >= 0.3 is 5.97 Å². The summed E-state index contributed by atoms with van der Waals surface area (Å²) in [6, 6.07) is 1.45. The van der Waals surface area contributed by atoms with Crippen LogP contribution in [0.1, 0.15) is 43.0 Å². The second-order valence-corrected chi connectivity index (χ2v) is 5.31. The van der Waals surface area contributed by atoms with E-state index in [1.165, 1.54) is 11.7 Å². The first kappa shape index (κ1) is 13.9. The topological polar surface area (TPSA) is 69.9 Å². The number of aliphatic imine (C=N–C) groups is 1. The predicted molar refractivity (Wildman–Crippen MR) is 77.2 cm³/mol. The van der Waals surface area contributed by atoms with Crippen molar-refractivity contribution in [1.29, 1.82) is 0 Å². The standard InChI is InChI=1S/C15H18N2O4/c1-4-9-10-7-8-5-6-11(15(19)21-3)17(8)14(18)12(10)16-13(9)20-2/h7,9,11H,4-6H2,1-3H3. The van der Waals surface area contributed by atoms with Gasteiger partial charge in [0.05, 0.1) is 20.1 Å². The highest BCUT2D eigenvalue weighted by Crippen LogP contribution is 2.38. The zero-order valence-electron chi connectivity index (χ0n) is 12.4. The number of carbonyl (C=O) groups is 1. The maximum Gasteiger partial charge on any atom is 0.328 e. The highest BCUT2D eigenvalue weighted by Gasteiger charge is 2.36. The Morgan fingerprint density at radius 2 is 2.24 bits per heavy atom. The fourth-order valence-corrected chi connectivity index (χ4v) is 3.27. The molecule has 6 nitrogen and oxygen atoms in total. The van der Waals surface area contributed by atoms with Crippen molar-refractivity contribution in [3.8, 4) is 0 Å². The highest BCUT2D eigenvalue weighted by atomic mass is 16.5. The summed E-state index contributed by atoms with van der Waals surface area (Å²) in [7, 11) is 2.91. The SMILES string of the molecule is CCC1C(OC)=Nc2c1cc1n(c2=O)C(C(=O)OC)CC1. The van der Waals surface area contributed by atoms with E-state index in [0.29, 0.717) is 24.4 Å². The van der Waals surface area contributed by atoms with Crippen LogP contribution in [0, 0.1) is 0 Å². The fourth-order valence-electron chi connectivity index (χ4n) is 3.27. The number of nitrogens with zero attached hydrogens (tertiary/aromatic N) is 2. The lowest BCUT2D eigenvalue weighted by atomic mass is 9.97. The number of fused-ring (bicyclic) bond motifs is 2. The number of pyridine rings is 1. The molecule has 0 amide bonds. The number of hydrogen-bond acceptors (Lipinski definition) is 5. The maximum atomic E-state index is 12.7. The molecule has 0 spiro atoms. The Labute approximate surface area is 122 Å². The molecule has 0 aromatic carbocycles. The summed E-state index contributed by atoms with van der Waals surface area (Å²) < 4.78 is 11.6. The number of esters is 1. The van der Waals surface area contributed by atoms with Crippen molar-refractivity contribution < 1.29 is 14.3 Å². The molecular weight excluding hydrogens is 272 g/mol. The first-order valence-corrected chi connectivity index (χ1v) is 7.11. The molecule has 0 radical (unpaired) electrons. The highest BCUT2D eigenvalue weighted by molar-refractivity contribution is 5.92. The van der Waals surface area contributed by atoms with Crippen molar-refractivity contribution in [3.05, 3.63) is 27.7 Å². The second-order valence-electron chi connectivity index (χ2n) is 5.31. The van der Waals surface area contributed by atoms with Crippen LogP contribution in [-0.2, 0) is 20.7 Å². The number of hydrogen-bond donors (Lipinski definition) is 0. The summed E-state index contributed by atoms with van der Waals surface area (Å²) in [5.74, 6) is 0.223. The van der Waals surface area contributed by atoms with Crippen molar-refractivity contribution in [2.45, 2.75) is 38.1 Å². The van der Waals surface area contributed by atoms with Crippen LogP contribution < -0.4 is 5.56 Å². The van der Waals surface area contributed by atoms with Gasteiger partial charge in [-0.1, -0.05) is 6.92 Å². The van der Waals surface area contributed by atoms with Crippen molar-refractivity contribution in [2.24, 2.45) is 4.99 Å². The minimum atomic E-state index is -0.537. The van der Waals surface area contributed by atoms with E-state index >= 15 is 0 Å². The van der Waals surface area contributed by atoms with Gasteiger partial charge in [-0.3, -0.25) is 9.36 Å². The van der Waals surface area contributed by atoms with Crippen LogP contribution in [0.4, 0.5) is 5.69 Å². The van der Waals surface area contributed by atoms with Gasteiger partial charge in [0.2, 0.25) is 0 Å². The van der Waals surface area contributed by atoms with Gasteiger partial charge in [0.15, 0.2) is 5.90 Å². The number of methoxy groups -OCH3 is 2. The predicted octanol–water partition coefficient (Wildman–Crippen LogP) is 1.69. The lowest BCUT2D eigenvalue weighted by molar-refractivity contribution is -0.144. The number of aromatic nitrogens is 1. The smallest absolute Gasteiger partial charge is 0.328 e. The van der Waals surface area contributed by atoms with Crippen LogP contribution in [-0.4, -0.2) is 30.7 Å². The summed E-state index contributed by atoms with van der Waals surface area (Å²) in [4.78, 5) is 28.9. The van der Waals surface area contributed by atoms with Crippen molar-refractivity contribution in [3.63, 3.8) is 0 Å². The Morgan fingerprint density at radius 3 is 2.86 bits per heavy atom. The molecule has 1 aromatic heterocycles. The lowest BCUT2D eigenvalue weighted by Gasteiger charge is -2.15. The molecule has 112 valence electrons. The molecule has 0 N–H and O–H groups in total. The number of carbonyl (C=O) groups excluding carboxylic acids is 1. The average molecular weight is 290 g/mol. The van der Waals surface area contributed by atoms with Gasteiger partial charge in [-0.25, -0.2) is 9.79 Å². The molecule has 0 fully saturated rings. The summed E-state index contributed by atoms with van der Waals surface area (Å²) in [5.41, 5.74) is 1.97. The van der Waals surface area contributed by atoms with Crippen LogP contribution in [0.3, 0.4) is 0 Å². The Morgan fingerprint density at radius 1 is 1.48 bits per heavy atom. The van der Waals surface area contributed by atoms with Crippen molar-refractivity contribution in [2.75, 3.05) is 14.2 Å². The quantitative estimate of drug-likeness (QED) is 0.777.